The summed E-state index contributed by atoms with van der Waals surface area (Å²) in [6, 6.07) is 18.6. The quantitative estimate of drug-likeness (QED) is 0.498. The summed E-state index contributed by atoms with van der Waals surface area (Å²) in [7, 11) is 0. The third kappa shape index (κ3) is 5.06. The van der Waals surface area contributed by atoms with E-state index in [1.807, 2.05) is 61.5 Å². The number of carbonyl (C=O) groups excluding carboxylic acids is 1. The van der Waals surface area contributed by atoms with E-state index >= 15 is 0 Å². The number of hydrogen-bond donors (Lipinski definition) is 2. The Bertz CT molecular complexity index is 1220. The molecule has 1 aliphatic heterocycles. The predicted octanol–water partition coefficient (Wildman–Crippen LogP) is 5.06. The van der Waals surface area contributed by atoms with Gasteiger partial charge in [0, 0.05) is 29.4 Å². The maximum Gasteiger partial charge on any atom is 0.326 e. The Morgan fingerprint density at radius 3 is 2.63 bits per heavy atom. The normalized spacial score (nSPS) is 20.4. The topological polar surface area (TPSA) is 101 Å². The van der Waals surface area contributed by atoms with Gasteiger partial charge in [0.25, 0.3) is 0 Å². The molecule has 1 saturated carbocycles. The fraction of sp³-hybridized carbons (Fsp3) is 0.296. The van der Waals surface area contributed by atoms with Crippen LogP contribution in [-0.2, 0) is 4.79 Å². The molecule has 1 aromatic heterocycles. The number of urea groups is 1. The number of carboxylic acid groups (broad SMARTS) is 1. The summed E-state index contributed by atoms with van der Waals surface area (Å²) in [6.07, 6.45) is 3.04. The lowest BCUT2D eigenvalue weighted by molar-refractivity contribution is -0.138. The molecule has 2 aliphatic rings. The molecule has 1 aliphatic carbocycles. The number of aliphatic carboxylic acids is 1. The number of fused-ring (bicyclic) bond motifs is 1. The molecular formula is C27H27N3O5. The Morgan fingerprint density at radius 2 is 1.94 bits per heavy atom. The minimum atomic E-state index is -0.766. The number of nitrogens with zero attached hydrogens (tertiary/aromatic N) is 2. The van der Waals surface area contributed by atoms with Crippen molar-refractivity contribution in [3.8, 4) is 22.8 Å². The van der Waals surface area contributed by atoms with Gasteiger partial charge in [-0.05, 0) is 48.7 Å². The smallest absolute Gasteiger partial charge is 0.326 e. The molecule has 8 nitrogen and oxygen atoms in total. The fourth-order valence-corrected chi connectivity index (χ4v) is 4.21. The van der Waals surface area contributed by atoms with E-state index in [4.69, 9.17) is 14.6 Å². The molecule has 8 heteroatoms. The number of amides is 2. The van der Waals surface area contributed by atoms with Gasteiger partial charge in [-0.25, -0.2) is 9.78 Å². The Balaban J connectivity index is 1.30. The van der Waals surface area contributed by atoms with Gasteiger partial charge in [-0.15, -0.1) is 0 Å². The summed E-state index contributed by atoms with van der Waals surface area (Å²) in [5, 5.41) is 12.0. The monoisotopic (exact) mass is 473 g/mol. The first-order valence-corrected chi connectivity index (χ1v) is 11.8. The van der Waals surface area contributed by atoms with Gasteiger partial charge in [0.2, 0.25) is 5.88 Å². The van der Waals surface area contributed by atoms with Crippen molar-refractivity contribution in [2.45, 2.75) is 25.9 Å². The Hall–Kier alpha value is -4.07. The molecule has 0 spiro atoms. The average Bonchev–Trinajstić information content (AvgIpc) is 3.67. The molecule has 35 heavy (non-hydrogen) atoms. The van der Waals surface area contributed by atoms with Crippen LogP contribution in [0.5, 0.6) is 11.6 Å². The highest BCUT2D eigenvalue weighted by Gasteiger charge is 2.43. The highest BCUT2D eigenvalue weighted by Crippen LogP contribution is 2.39. The Kier molecular flexibility index (Phi) is 6.27. The molecule has 2 aromatic carbocycles. The van der Waals surface area contributed by atoms with E-state index in [9.17, 15) is 9.59 Å². The highest BCUT2D eigenvalue weighted by molar-refractivity contribution is 6.03. The molecule has 2 heterocycles. The highest BCUT2D eigenvalue weighted by atomic mass is 16.5. The maximum absolute atomic E-state index is 13.1. The summed E-state index contributed by atoms with van der Waals surface area (Å²) >= 11 is 0. The largest absolute Gasteiger partial charge is 0.486 e. The van der Waals surface area contributed by atoms with Crippen molar-refractivity contribution < 1.29 is 24.2 Å². The zero-order chi connectivity index (χ0) is 24.4. The molecule has 1 fully saturated rings. The number of ether oxygens (including phenoxy) is 2. The van der Waals surface area contributed by atoms with Crippen molar-refractivity contribution in [3.63, 3.8) is 0 Å². The molecule has 2 N–H and O–H groups in total. The van der Waals surface area contributed by atoms with E-state index in [0.29, 0.717) is 31.2 Å². The van der Waals surface area contributed by atoms with Crippen molar-refractivity contribution in [2.75, 3.05) is 23.4 Å². The van der Waals surface area contributed by atoms with Crippen LogP contribution >= 0.6 is 0 Å². The van der Waals surface area contributed by atoms with Crippen LogP contribution in [-0.4, -0.2) is 41.3 Å². The minimum Gasteiger partial charge on any atom is -0.486 e. The number of benzene rings is 2. The van der Waals surface area contributed by atoms with Crippen LogP contribution in [0.1, 0.15) is 19.8 Å². The van der Waals surface area contributed by atoms with Crippen LogP contribution in [0.2, 0.25) is 0 Å². The van der Waals surface area contributed by atoms with E-state index in [-0.39, 0.29) is 24.0 Å². The number of carboxylic acids is 1. The lowest BCUT2D eigenvalue weighted by Gasteiger charge is -2.34. The van der Waals surface area contributed by atoms with Crippen molar-refractivity contribution in [1.29, 1.82) is 0 Å². The van der Waals surface area contributed by atoms with Gasteiger partial charge >= 0.3 is 12.0 Å². The standard InChI is InChI=1S/C27H27N3O5/c1-2-21-15-30(27(33)29-20-6-4-3-5-7-20)23-10-8-17(13-24(23)35-21)18-9-11-25(28-14-18)34-16-19-12-22(19)26(31)32/h3-11,13-14,19,21-22H,2,12,15-16H2,1H3,(H,29,33)(H,31,32)/t19?,21?,22-/m0/s1. The molecule has 0 radical (unpaired) electrons. The SMILES string of the molecule is CCC1CN(C(=O)Nc2ccccc2)c2ccc(-c3ccc(OCC4C[C@@H]4C(=O)O)nc3)cc2O1. The van der Waals surface area contributed by atoms with Gasteiger partial charge in [0.05, 0.1) is 24.8 Å². The third-order valence-electron chi connectivity index (χ3n) is 6.41. The number of anilines is 2. The predicted molar refractivity (Wildman–Crippen MR) is 132 cm³/mol. The van der Waals surface area contributed by atoms with Gasteiger partial charge < -0.3 is 19.9 Å². The molecule has 0 bridgehead atoms. The second-order valence-electron chi connectivity index (χ2n) is 8.87. The number of carbonyl (C=O) groups is 2. The molecule has 2 amide bonds. The average molecular weight is 474 g/mol. The molecule has 0 saturated heterocycles. The van der Waals surface area contributed by atoms with Crippen molar-refractivity contribution in [3.05, 3.63) is 66.9 Å². The lowest BCUT2D eigenvalue weighted by atomic mass is 10.0. The van der Waals surface area contributed by atoms with Crippen LogP contribution in [0.3, 0.4) is 0 Å². The van der Waals surface area contributed by atoms with Gasteiger partial charge in [-0.1, -0.05) is 31.2 Å². The first-order valence-electron chi connectivity index (χ1n) is 11.8. The van der Waals surface area contributed by atoms with E-state index in [0.717, 1.165) is 28.9 Å². The third-order valence-corrected chi connectivity index (χ3v) is 6.41. The van der Waals surface area contributed by atoms with Crippen LogP contribution in [0.4, 0.5) is 16.2 Å². The maximum atomic E-state index is 13.1. The molecule has 3 atom stereocenters. The van der Waals surface area contributed by atoms with Crippen molar-refractivity contribution in [2.24, 2.45) is 11.8 Å². The second kappa shape index (κ2) is 9.66. The van der Waals surface area contributed by atoms with Crippen LogP contribution in [0, 0.1) is 11.8 Å². The van der Waals surface area contributed by atoms with E-state index in [1.54, 1.807) is 17.2 Å². The number of pyridine rings is 1. The summed E-state index contributed by atoms with van der Waals surface area (Å²) in [4.78, 5) is 30.1. The first-order chi connectivity index (χ1) is 17.0. The zero-order valence-electron chi connectivity index (χ0n) is 19.4. The van der Waals surface area contributed by atoms with Crippen LogP contribution in [0.15, 0.2) is 66.9 Å². The first kappa shape index (κ1) is 22.7. The van der Waals surface area contributed by atoms with Crippen molar-refractivity contribution in [1.82, 2.24) is 4.98 Å². The van der Waals surface area contributed by atoms with Crippen LogP contribution in [0.25, 0.3) is 11.1 Å². The van der Waals surface area contributed by atoms with Crippen molar-refractivity contribution >= 4 is 23.4 Å². The molecular weight excluding hydrogens is 446 g/mol. The summed E-state index contributed by atoms with van der Waals surface area (Å²) < 4.78 is 11.8. The summed E-state index contributed by atoms with van der Waals surface area (Å²) in [6.45, 7) is 2.86. The number of hydrogen-bond acceptors (Lipinski definition) is 5. The second-order valence-corrected chi connectivity index (χ2v) is 8.87. The van der Waals surface area contributed by atoms with Crippen LogP contribution < -0.4 is 19.7 Å². The number of nitrogens with one attached hydrogen (secondary N) is 1. The van der Waals surface area contributed by atoms with Gasteiger partial charge in [-0.3, -0.25) is 9.69 Å². The molecule has 5 rings (SSSR count). The molecule has 2 unspecified atom stereocenters. The van der Waals surface area contributed by atoms with Gasteiger partial charge in [-0.2, -0.15) is 0 Å². The van der Waals surface area contributed by atoms with E-state index in [1.165, 1.54) is 0 Å². The molecule has 3 aromatic rings. The fourth-order valence-electron chi connectivity index (χ4n) is 4.21. The molecule has 180 valence electrons. The zero-order valence-corrected chi connectivity index (χ0v) is 19.4. The summed E-state index contributed by atoms with van der Waals surface area (Å²) in [5.74, 6) is 0.107. The lowest BCUT2D eigenvalue weighted by Crippen LogP contribution is -2.45. The number of para-hydroxylation sites is 1. The van der Waals surface area contributed by atoms with E-state index < -0.39 is 5.97 Å². The van der Waals surface area contributed by atoms with E-state index in [2.05, 4.69) is 10.3 Å². The number of aromatic nitrogens is 1. The Labute approximate surface area is 203 Å². The van der Waals surface area contributed by atoms with Gasteiger partial charge in [0.1, 0.15) is 11.9 Å². The minimum absolute atomic E-state index is 0.0559. The number of rotatable bonds is 7. The summed E-state index contributed by atoms with van der Waals surface area (Å²) in [5.41, 5.74) is 3.26. The van der Waals surface area contributed by atoms with Gasteiger partial charge in [0.15, 0.2) is 0 Å². The Morgan fingerprint density at radius 1 is 1.14 bits per heavy atom.